The summed E-state index contributed by atoms with van der Waals surface area (Å²) in [5.74, 6) is 0. The summed E-state index contributed by atoms with van der Waals surface area (Å²) in [6.07, 6.45) is 8.43. The van der Waals surface area contributed by atoms with Crippen molar-refractivity contribution in [2.75, 3.05) is 6.73 Å². The maximum atomic E-state index is 5.14. The summed E-state index contributed by atoms with van der Waals surface area (Å²) in [5, 5.41) is 0. The maximum Gasteiger partial charge on any atom is 0.179 e. The molecule has 0 N–H and O–H groups in total. The molecule has 4 heteroatoms. The number of halogens is 1. The molecule has 0 rings (SSSR count). The minimum Gasteiger partial charge on any atom is -0.479 e. The highest BCUT2D eigenvalue weighted by atomic mass is 35.5. The van der Waals surface area contributed by atoms with Gasteiger partial charge in [0, 0.05) is 0 Å². The number of allylic oxidation sites excluding steroid dienone is 3. The van der Waals surface area contributed by atoms with Crippen molar-refractivity contribution >= 4 is 23.6 Å². The Hall–Kier alpha value is -1.09. The molecule has 0 amide bonds. The molecule has 0 spiro atoms. The largest absolute Gasteiger partial charge is 0.479 e. The Morgan fingerprint density at radius 1 is 1.42 bits per heavy atom. The van der Waals surface area contributed by atoms with Gasteiger partial charge in [-0.25, -0.2) is 9.98 Å². The first-order valence-corrected chi connectivity index (χ1v) is 3.85. The van der Waals surface area contributed by atoms with Crippen LogP contribution in [0.2, 0.25) is 0 Å². The molecule has 0 radical (unpaired) electrons. The van der Waals surface area contributed by atoms with Crippen LogP contribution >= 0.6 is 11.6 Å². The van der Waals surface area contributed by atoms with E-state index in [4.69, 9.17) is 16.3 Å². The van der Waals surface area contributed by atoms with Gasteiger partial charge in [0.15, 0.2) is 6.73 Å². The van der Waals surface area contributed by atoms with E-state index in [2.05, 4.69) is 9.98 Å². The van der Waals surface area contributed by atoms with Gasteiger partial charge in [0.05, 0.1) is 11.9 Å². The van der Waals surface area contributed by atoms with Gasteiger partial charge in [0.2, 0.25) is 0 Å². The third-order valence-electron chi connectivity index (χ3n) is 0.832. The lowest BCUT2D eigenvalue weighted by Gasteiger charge is -1.90. The first-order valence-electron chi connectivity index (χ1n) is 3.41. The second-order valence-electron chi connectivity index (χ2n) is 1.69. The van der Waals surface area contributed by atoms with Gasteiger partial charge in [-0.05, 0) is 13.0 Å². The smallest absolute Gasteiger partial charge is 0.179 e. The molecule has 0 bridgehead atoms. The van der Waals surface area contributed by atoms with Crippen molar-refractivity contribution in [3.05, 3.63) is 24.5 Å². The fraction of sp³-hybridized carbons (Fsp3) is 0.250. The Balaban J connectivity index is 3.32. The van der Waals surface area contributed by atoms with E-state index < -0.39 is 0 Å². The van der Waals surface area contributed by atoms with E-state index in [0.29, 0.717) is 0 Å². The van der Waals surface area contributed by atoms with Crippen LogP contribution in [0.3, 0.4) is 0 Å². The summed E-state index contributed by atoms with van der Waals surface area (Å²) in [5.41, 5.74) is 1.14. The predicted molar refractivity (Wildman–Crippen MR) is 52.7 cm³/mol. The zero-order valence-corrected chi connectivity index (χ0v) is 7.61. The van der Waals surface area contributed by atoms with Crippen LogP contribution in [-0.2, 0) is 4.74 Å². The lowest BCUT2D eigenvalue weighted by atomic mass is 10.5. The quantitative estimate of drug-likeness (QED) is 0.213. The van der Waals surface area contributed by atoms with Gasteiger partial charge in [-0.3, -0.25) is 0 Å². The van der Waals surface area contributed by atoms with Crippen molar-refractivity contribution in [3.8, 4) is 0 Å². The SMILES string of the molecule is CC=CC=COCN=CN=CCl. The number of rotatable bonds is 5. The number of nitrogens with zero attached hydrogens (tertiary/aromatic N) is 2. The van der Waals surface area contributed by atoms with Crippen molar-refractivity contribution in [3.63, 3.8) is 0 Å². The van der Waals surface area contributed by atoms with E-state index >= 15 is 0 Å². The van der Waals surface area contributed by atoms with Crippen molar-refractivity contribution in [2.24, 2.45) is 9.98 Å². The van der Waals surface area contributed by atoms with E-state index in [-0.39, 0.29) is 6.73 Å². The van der Waals surface area contributed by atoms with Crippen LogP contribution in [-0.4, -0.2) is 18.7 Å². The minimum atomic E-state index is 0.252. The van der Waals surface area contributed by atoms with Gasteiger partial charge < -0.3 is 4.74 Å². The highest BCUT2D eigenvalue weighted by Gasteiger charge is 1.70. The van der Waals surface area contributed by atoms with Gasteiger partial charge >= 0.3 is 0 Å². The Labute approximate surface area is 77.1 Å². The second-order valence-corrected chi connectivity index (χ2v) is 1.89. The summed E-state index contributed by atoms with van der Waals surface area (Å²) in [6.45, 7) is 2.18. The molecule has 66 valence electrons. The molecule has 0 aromatic rings. The van der Waals surface area contributed by atoms with Crippen molar-refractivity contribution in [1.82, 2.24) is 0 Å². The maximum absolute atomic E-state index is 5.14. The third-order valence-corrected chi connectivity index (χ3v) is 0.945. The molecule has 0 heterocycles. The summed E-state index contributed by atoms with van der Waals surface area (Å²) in [4.78, 5) is 7.29. The van der Waals surface area contributed by atoms with Crippen LogP contribution in [0.5, 0.6) is 0 Å². The third kappa shape index (κ3) is 8.91. The van der Waals surface area contributed by atoms with E-state index in [1.165, 1.54) is 6.34 Å². The highest BCUT2D eigenvalue weighted by Crippen LogP contribution is 1.80. The number of hydrogen-bond acceptors (Lipinski definition) is 2. The molecule has 0 aromatic carbocycles. The first kappa shape index (κ1) is 10.9. The molecular formula is C8H11ClN2O. The normalized spacial score (nSPS) is 12.8. The lowest BCUT2D eigenvalue weighted by molar-refractivity contribution is 0.262. The second kappa shape index (κ2) is 9.91. The van der Waals surface area contributed by atoms with Crippen molar-refractivity contribution in [1.29, 1.82) is 0 Å². The molecule has 0 saturated heterocycles. The van der Waals surface area contributed by atoms with Gasteiger partial charge in [-0.2, -0.15) is 0 Å². The van der Waals surface area contributed by atoms with E-state index in [1.807, 2.05) is 19.1 Å². The number of ether oxygens (including phenoxy) is 1. The molecule has 12 heavy (non-hydrogen) atoms. The van der Waals surface area contributed by atoms with Gasteiger partial charge in [0.1, 0.15) is 6.34 Å². The van der Waals surface area contributed by atoms with Gasteiger partial charge in [0.25, 0.3) is 0 Å². The van der Waals surface area contributed by atoms with Crippen LogP contribution in [0.25, 0.3) is 0 Å². The highest BCUT2D eigenvalue weighted by molar-refractivity contribution is 6.56. The molecule has 0 aliphatic rings. The Morgan fingerprint density at radius 2 is 2.25 bits per heavy atom. The fourth-order valence-corrected chi connectivity index (χ4v) is 0.454. The topological polar surface area (TPSA) is 34.0 Å². The molecule has 0 aliphatic heterocycles. The average molecular weight is 187 g/mol. The molecule has 0 fully saturated rings. The molecule has 0 aromatic heterocycles. The molecule has 0 atom stereocenters. The van der Waals surface area contributed by atoms with E-state index in [1.54, 1.807) is 12.3 Å². The van der Waals surface area contributed by atoms with Crippen LogP contribution in [0.1, 0.15) is 6.92 Å². The van der Waals surface area contributed by atoms with Crippen molar-refractivity contribution < 1.29 is 4.74 Å². The van der Waals surface area contributed by atoms with Crippen LogP contribution in [0, 0.1) is 0 Å². The standard InChI is InChI=1S/C8H11ClN2O/c1-2-3-4-5-12-8-11-7-10-6-9/h2-7H,8H2,1H3. The molecular weight excluding hydrogens is 176 g/mol. The molecule has 0 aliphatic carbocycles. The summed E-state index contributed by atoms with van der Waals surface area (Å²) >= 11 is 5.14. The molecule has 3 nitrogen and oxygen atoms in total. The van der Waals surface area contributed by atoms with Crippen LogP contribution in [0.4, 0.5) is 0 Å². The van der Waals surface area contributed by atoms with E-state index in [0.717, 1.165) is 5.67 Å². The lowest BCUT2D eigenvalue weighted by Crippen LogP contribution is -1.81. The number of hydrogen-bond donors (Lipinski definition) is 0. The monoisotopic (exact) mass is 186 g/mol. The van der Waals surface area contributed by atoms with Crippen molar-refractivity contribution in [2.45, 2.75) is 6.92 Å². The fourth-order valence-electron chi connectivity index (χ4n) is 0.404. The van der Waals surface area contributed by atoms with Crippen LogP contribution < -0.4 is 0 Å². The Morgan fingerprint density at radius 3 is 2.92 bits per heavy atom. The average Bonchev–Trinajstić information content (AvgIpc) is 2.10. The summed E-state index contributed by atoms with van der Waals surface area (Å²) in [7, 11) is 0. The Kier molecular flexibility index (Phi) is 9.01. The minimum absolute atomic E-state index is 0.252. The first-order chi connectivity index (χ1) is 5.91. The molecule has 0 saturated carbocycles. The van der Waals surface area contributed by atoms with E-state index in [9.17, 15) is 0 Å². The van der Waals surface area contributed by atoms with Gasteiger partial charge in [-0.15, -0.1) is 0 Å². The van der Waals surface area contributed by atoms with Crippen LogP contribution in [0.15, 0.2) is 34.5 Å². The van der Waals surface area contributed by atoms with Gasteiger partial charge in [-0.1, -0.05) is 23.8 Å². The summed E-state index contributed by atoms with van der Waals surface area (Å²) in [6, 6.07) is 0. The molecule has 0 unspecified atom stereocenters. The Bertz CT molecular complexity index is 175. The summed E-state index contributed by atoms with van der Waals surface area (Å²) < 4.78 is 4.94. The zero-order valence-electron chi connectivity index (χ0n) is 6.85. The zero-order chi connectivity index (χ0) is 9.07. The predicted octanol–water partition coefficient (Wildman–Crippen LogP) is 2.35. The number of aliphatic imine (C=N–C) groups is 2.